The maximum absolute atomic E-state index is 11.5. The van der Waals surface area contributed by atoms with E-state index in [2.05, 4.69) is 14.1 Å². The van der Waals surface area contributed by atoms with Gasteiger partial charge in [-0.25, -0.2) is 5.06 Å². The smallest absolute Gasteiger partial charge is 0.250 e. The Labute approximate surface area is 75.1 Å². The third kappa shape index (κ3) is 2.16. The average molecular weight is 190 g/mol. The Balaban J connectivity index is 2.43. The monoisotopic (exact) mass is 190 g/mol. The Hall–Kier alpha value is -0.180. The minimum Gasteiger partial charge on any atom is -0.287 e. The lowest BCUT2D eigenvalue weighted by Crippen LogP contribution is -2.32. The first-order chi connectivity index (χ1) is 5.65. The molecule has 0 aromatic heterocycles. The third-order valence-corrected chi connectivity index (χ3v) is 2.62. The van der Waals surface area contributed by atoms with Crippen LogP contribution in [0.4, 0.5) is 0 Å². The summed E-state index contributed by atoms with van der Waals surface area (Å²) in [4.78, 5) is 16.3. The van der Waals surface area contributed by atoms with Crippen molar-refractivity contribution in [1.82, 2.24) is 9.73 Å². The second-order valence-electron chi connectivity index (χ2n) is 3.00. The van der Waals surface area contributed by atoms with Gasteiger partial charge in [-0.1, -0.05) is 9.39 Å². The molecule has 70 valence electrons. The molecule has 0 aromatic carbocycles. The van der Waals surface area contributed by atoms with Gasteiger partial charge < -0.3 is 0 Å². The fraction of sp³-hybridized carbons (Fsp3) is 0.857. The van der Waals surface area contributed by atoms with Crippen LogP contribution in [0.25, 0.3) is 0 Å². The Morgan fingerprint density at radius 3 is 2.83 bits per heavy atom. The highest BCUT2D eigenvalue weighted by molar-refractivity contribution is 7.13. The SMILES string of the molecule is CON(C)C(=O)[C@H]1CCN(P)C1. The molecule has 1 fully saturated rings. The Kier molecular flexibility index (Phi) is 3.44. The number of amides is 1. The second kappa shape index (κ2) is 4.17. The van der Waals surface area contributed by atoms with Gasteiger partial charge in [0, 0.05) is 20.1 Å². The van der Waals surface area contributed by atoms with Crippen molar-refractivity contribution in [2.45, 2.75) is 6.42 Å². The molecule has 5 heteroatoms. The van der Waals surface area contributed by atoms with Gasteiger partial charge in [0.2, 0.25) is 5.91 Å². The molecule has 1 unspecified atom stereocenters. The zero-order valence-corrected chi connectivity index (χ0v) is 8.64. The van der Waals surface area contributed by atoms with E-state index >= 15 is 0 Å². The van der Waals surface area contributed by atoms with E-state index in [1.54, 1.807) is 7.05 Å². The van der Waals surface area contributed by atoms with E-state index in [1.165, 1.54) is 12.2 Å². The van der Waals surface area contributed by atoms with Gasteiger partial charge in [-0.15, -0.1) is 0 Å². The topological polar surface area (TPSA) is 32.8 Å². The zero-order valence-electron chi connectivity index (χ0n) is 7.49. The molecule has 0 N–H and O–H groups in total. The molecule has 0 bridgehead atoms. The number of carbonyl (C=O) groups is 1. The van der Waals surface area contributed by atoms with Gasteiger partial charge in [-0.3, -0.25) is 14.3 Å². The summed E-state index contributed by atoms with van der Waals surface area (Å²) in [5.74, 6) is 0.176. The van der Waals surface area contributed by atoms with E-state index in [1.807, 2.05) is 0 Å². The van der Waals surface area contributed by atoms with Gasteiger partial charge >= 0.3 is 0 Å². The molecule has 1 saturated heterocycles. The number of carbonyl (C=O) groups excluding carboxylic acids is 1. The van der Waals surface area contributed by atoms with Crippen LogP contribution in [0.5, 0.6) is 0 Å². The molecule has 1 amide bonds. The second-order valence-corrected chi connectivity index (χ2v) is 3.73. The molecule has 12 heavy (non-hydrogen) atoms. The Morgan fingerprint density at radius 2 is 2.42 bits per heavy atom. The molecule has 0 aliphatic carbocycles. The van der Waals surface area contributed by atoms with Crippen LogP contribution in [-0.4, -0.2) is 42.9 Å². The van der Waals surface area contributed by atoms with Gasteiger partial charge in [0.25, 0.3) is 0 Å². The van der Waals surface area contributed by atoms with Crippen molar-refractivity contribution >= 4 is 15.3 Å². The minimum atomic E-state index is 0.0717. The van der Waals surface area contributed by atoms with Gasteiger partial charge in [0.05, 0.1) is 13.0 Å². The highest BCUT2D eigenvalue weighted by atomic mass is 31.0. The van der Waals surface area contributed by atoms with E-state index in [0.717, 1.165) is 19.5 Å². The van der Waals surface area contributed by atoms with E-state index < -0.39 is 0 Å². The number of nitrogens with zero attached hydrogens (tertiary/aromatic N) is 2. The van der Waals surface area contributed by atoms with Crippen LogP contribution in [0, 0.1) is 5.92 Å². The lowest BCUT2D eigenvalue weighted by molar-refractivity contribution is -0.172. The van der Waals surface area contributed by atoms with E-state index in [9.17, 15) is 4.79 Å². The van der Waals surface area contributed by atoms with Crippen molar-refractivity contribution in [3.05, 3.63) is 0 Å². The molecule has 2 atom stereocenters. The van der Waals surface area contributed by atoms with Crippen LogP contribution in [0.3, 0.4) is 0 Å². The fourth-order valence-electron chi connectivity index (χ4n) is 1.34. The molecule has 1 aliphatic rings. The normalized spacial score (nSPS) is 24.4. The minimum absolute atomic E-state index is 0.0717. The van der Waals surface area contributed by atoms with Crippen molar-refractivity contribution in [2.24, 2.45) is 5.92 Å². The van der Waals surface area contributed by atoms with Crippen LogP contribution in [0.2, 0.25) is 0 Å². The van der Waals surface area contributed by atoms with Gasteiger partial charge in [0.1, 0.15) is 0 Å². The van der Waals surface area contributed by atoms with Crippen LogP contribution >= 0.6 is 9.39 Å². The molecule has 0 radical (unpaired) electrons. The number of rotatable bonds is 2. The summed E-state index contributed by atoms with van der Waals surface area (Å²) in [5.41, 5.74) is 0. The maximum atomic E-state index is 11.5. The first-order valence-corrected chi connectivity index (χ1v) is 4.48. The van der Waals surface area contributed by atoms with Gasteiger partial charge in [-0.2, -0.15) is 0 Å². The number of hydrogen-bond acceptors (Lipinski definition) is 3. The largest absolute Gasteiger partial charge is 0.287 e. The summed E-state index contributed by atoms with van der Waals surface area (Å²) in [7, 11) is 5.76. The average Bonchev–Trinajstić information content (AvgIpc) is 2.49. The first kappa shape index (κ1) is 9.90. The summed E-state index contributed by atoms with van der Waals surface area (Å²) < 4.78 is 2.08. The summed E-state index contributed by atoms with van der Waals surface area (Å²) >= 11 is 0. The van der Waals surface area contributed by atoms with E-state index in [0.29, 0.717) is 0 Å². The number of hydrogen-bond donors (Lipinski definition) is 0. The standard InChI is InChI=1S/C7H15N2O2P/c1-8(11-2)7(10)6-3-4-9(12)5-6/h6H,3-5,12H2,1-2H3/t6-/m0/s1. The van der Waals surface area contributed by atoms with Crippen molar-refractivity contribution in [3.63, 3.8) is 0 Å². The molecule has 1 rings (SSSR count). The van der Waals surface area contributed by atoms with E-state index in [4.69, 9.17) is 4.84 Å². The zero-order chi connectivity index (χ0) is 9.14. The van der Waals surface area contributed by atoms with Crippen molar-refractivity contribution in [2.75, 3.05) is 27.2 Å². The fourth-order valence-corrected chi connectivity index (χ4v) is 1.74. The predicted octanol–water partition coefficient (Wildman–Crippen LogP) is 0.118. The molecule has 1 heterocycles. The third-order valence-electron chi connectivity index (χ3n) is 2.15. The Bertz CT molecular complexity index is 177. The molecule has 0 saturated carbocycles. The Morgan fingerprint density at radius 1 is 1.75 bits per heavy atom. The molecule has 0 spiro atoms. The van der Waals surface area contributed by atoms with Crippen molar-refractivity contribution in [1.29, 1.82) is 0 Å². The quantitative estimate of drug-likeness (QED) is 0.458. The molecule has 0 aromatic rings. The molecular formula is C7H15N2O2P. The first-order valence-electron chi connectivity index (χ1n) is 3.96. The lowest BCUT2D eigenvalue weighted by Gasteiger charge is -2.17. The highest BCUT2D eigenvalue weighted by Crippen LogP contribution is 2.20. The maximum Gasteiger partial charge on any atom is 0.250 e. The lowest BCUT2D eigenvalue weighted by atomic mass is 10.1. The van der Waals surface area contributed by atoms with Crippen molar-refractivity contribution in [3.8, 4) is 0 Å². The summed E-state index contributed by atoms with van der Waals surface area (Å²) in [6, 6.07) is 0. The van der Waals surface area contributed by atoms with Crippen LogP contribution < -0.4 is 0 Å². The van der Waals surface area contributed by atoms with E-state index in [-0.39, 0.29) is 11.8 Å². The van der Waals surface area contributed by atoms with Crippen molar-refractivity contribution < 1.29 is 9.63 Å². The van der Waals surface area contributed by atoms with Crippen LogP contribution in [0.1, 0.15) is 6.42 Å². The number of hydroxylamine groups is 2. The predicted molar refractivity (Wildman–Crippen MR) is 49.2 cm³/mol. The summed E-state index contributed by atoms with van der Waals surface area (Å²) in [6.45, 7) is 1.79. The van der Waals surface area contributed by atoms with Crippen LogP contribution in [0.15, 0.2) is 0 Å². The summed E-state index contributed by atoms with van der Waals surface area (Å²) in [6.07, 6.45) is 0.927. The molecule has 4 nitrogen and oxygen atoms in total. The molecular weight excluding hydrogens is 175 g/mol. The molecule has 1 aliphatic heterocycles. The van der Waals surface area contributed by atoms with Gasteiger partial charge in [0.15, 0.2) is 0 Å². The van der Waals surface area contributed by atoms with Gasteiger partial charge in [-0.05, 0) is 6.42 Å². The highest BCUT2D eigenvalue weighted by Gasteiger charge is 2.28. The summed E-state index contributed by atoms with van der Waals surface area (Å²) in [5, 5.41) is 1.30. The van der Waals surface area contributed by atoms with Crippen LogP contribution in [-0.2, 0) is 9.63 Å².